The average molecular weight is 455 g/mol. The zero-order chi connectivity index (χ0) is 22.5. The van der Waals surface area contributed by atoms with Crippen LogP contribution in [0.15, 0.2) is 66.7 Å². The van der Waals surface area contributed by atoms with Crippen molar-refractivity contribution in [3.05, 3.63) is 106 Å². The lowest BCUT2D eigenvalue weighted by Gasteiger charge is -2.33. The molecule has 0 aromatic heterocycles. The Kier molecular flexibility index (Phi) is 7.18. The highest BCUT2D eigenvalue weighted by Crippen LogP contribution is 2.31. The zero-order valence-electron chi connectivity index (χ0n) is 17.7. The maximum Gasteiger partial charge on any atom is 0.254 e. The van der Waals surface area contributed by atoms with Crippen molar-refractivity contribution >= 4 is 17.5 Å². The second-order valence-corrected chi connectivity index (χ2v) is 8.62. The third-order valence-corrected chi connectivity index (χ3v) is 6.25. The van der Waals surface area contributed by atoms with Gasteiger partial charge in [-0.3, -0.25) is 9.69 Å². The van der Waals surface area contributed by atoms with Crippen LogP contribution in [0.3, 0.4) is 0 Å². The number of carbonyl (C=O) groups is 1. The predicted octanol–water partition coefficient (Wildman–Crippen LogP) is 5.93. The van der Waals surface area contributed by atoms with E-state index in [0.717, 1.165) is 43.6 Å². The van der Waals surface area contributed by atoms with Gasteiger partial charge in [-0.25, -0.2) is 8.78 Å². The highest BCUT2D eigenvalue weighted by Gasteiger charge is 2.23. The Bertz CT molecular complexity index is 1080. The standard InChI is InChI=1S/C26H25ClF2N2O/c27-21-7-10-25(29)24(15-21)26(32)30-16-20-3-1-2-4-23(20)19-11-13-31(14-12-19)17-18-5-8-22(28)9-6-18/h1-10,15,19H,11-14,16-17H2,(H,30,32). The number of amides is 1. The molecule has 1 aliphatic heterocycles. The Balaban J connectivity index is 1.37. The molecular weight excluding hydrogens is 430 g/mol. The number of halogens is 3. The smallest absolute Gasteiger partial charge is 0.254 e. The van der Waals surface area contributed by atoms with Crippen LogP contribution in [0.2, 0.25) is 5.02 Å². The molecule has 0 radical (unpaired) electrons. The largest absolute Gasteiger partial charge is 0.348 e. The minimum Gasteiger partial charge on any atom is -0.348 e. The van der Waals surface area contributed by atoms with Crippen molar-refractivity contribution in [2.75, 3.05) is 13.1 Å². The highest BCUT2D eigenvalue weighted by molar-refractivity contribution is 6.31. The second-order valence-electron chi connectivity index (χ2n) is 8.18. The van der Waals surface area contributed by atoms with Crippen LogP contribution in [-0.4, -0.2) is 23.9 Å². The van der Waals surface area contributed by atoms with Crippen LogP contribution < -0.4 is 5.32 Å². The molecule has 3 nitrogen and oxygen atoms in total. The molecular formula is C26H25ClF2N2O. The Morgan fingerprint density at radius 3 is 2.47 bits per heavy atom. The maximum absolute atomic E-state index is 14.0. The first-order valence-electron chi connectivity index (χ1n) is 10.8. The van der Waals surface area contributed by atoms with Crippen LogP contribution >= 0.6 is 11.6 Å². The number of nitrogens with zero attached hydrogens (tertiary/aromatic N) is 1. The lowest BCUT2D eigenvalue weighted by Crippen LogP contribution is -2.33. The SMILES string of the molecule is O=C(NCc1ccccc1C1CCN(Cc2ccc(F)cc2)CC1)c1cc(Cl)ccc1F. The van der Waals surface area contributed by atoms with E-state index in [1.807, 2.05) is 30.3 Å². The van der Waals surface area contributed by atoms with E-state index < -0.39 is 11.7 Å². The van der Waals surface area contributed by atoms with Gasteiger partial charge in [0.05, 0.1) is 5.56 Å². The third kappa shape index (κ3) is 5.53. The molecule has 0 spiro atoms. The first-order chi connectivity index (χ1) is 15.5. The van der Waals surface area contributed by atoms with E-state index in [1.165, 1.54) is 35.9 Å². The van der Waals surface area contributed by atoms with Crippen molar-refractivity contribution in [1.82, 2.24) is 10.2 Å². The number of hydrogen-bond donors (Lipinski definition) is 1. The van der Waals surface area contributed by atoms with Crippen LogP contribution in [0, 0.1) is 11.6 Å². The number of nitrogens with one attached hydrogen (secondary N) is 1. The van der Waals surface area contributed by atoms with Gasteiger partial charge in [-0.2, -0.15) is 0 Å². The number of benzene rings is 3. The minimum absolute atomic E-state index is 0.0518. The minimum atomic E-state index is -0.589. The Hall–Kier alpha value is -2.76. The maximum atomic E-state index is 14.0. The third-order valence-electron chi connectivity index (χ3n) is 6.01. The second kappa shape index (κ2) is 10.2. The molecule has 6 heteroatoms. The summed E-state index contributed by atoms with van der Waals surface area (Å²) in [5.74, 6) is -0.882. The molecule has 1 heterocycles. The van der Waals surface area contributed by atoms with Gasteiger partial charge >= 0.3 is 0 Å². The van der Waals surface area contributed by atoms with Gasteiger partial charge in [-0.05, 0) is 78.9 Å². The summed E-state index contributed by atoms with van der Waals surface area (Å²) in [6.07, 6.45) is 2.02. The number of rotatable bonds is 6. The molecule has 1 amide bonds. The number of carbonyl (C=O) groups excluding carboxylic acids is 1. The van der Waals surface area contributed by atoms with Crippen LogP contribution in [0.1, 0.15) is 45.8 Å². The summed E-state index contributed by atoms with van der Waals surface area (Å²) in [5, 5.41) is 3.15. The van der Waals surface area contributed by atoms with Crippen molar-refractivity contribution < 1.29 is 13.6 Å². The summed E-state index contributed by atoms with van der Waals surface area (Å²) in [5.41, 5.74) is 3.33. The Morgan fingerprint density at radius 2 is 1.72 bits per heavy atom. The van der Waals surface area contributed by atoms with Crippen LogP contribution in [0.4, 0.5) is 8.78 Å². The lowest BCUT2D eigenvalue weighted by molar-refractivity contribution is 0.0946. The molecule has 1 aliphatic rings. The van der Waals surface area contributed by atoms with Gasteiger partial charge in [0, 0.05) is 18.1 Å². The Morgan fingerprint density at radius 1 is 1.00 bits per heavy atom. The van der Waals surface area contributed by atoms with Crippen molar-refractivity contribution in [2.45, 2.75) is 31.8 Å². The Labute approximate surface area is 192 Å². The van der Waals surface area contributed by atoms with E-state index in [0.29, 0.717) is 17.5 Å². The van der Waals surface area contributed by atoms with E-state index in [4.69, 9.17) is 11.6 Å². The van der Waals surface area contributed by atoms with E-state index in [1.54, 1.807) is 0 Å². The van der Waals surface area contributed by atoms with E-state index in [-0.39, 0.29) is 11.4 Å². The first-order valence-corrected chi connectivity index (χ1v) is 11.2. The van der Waals surface area contributed by atoms with E-state index in [2.05, 4.69) is 16.3 Å². The molecule has 0 unspecified atom stereocenters. The highest BCUT2D eigenvalue weighted by atomic mass is 35.5. The summed E-state index contributed by atoms with van der Waals surface area (Å²) in [7, 11) is 0. The van der Waals surface area contributed by atoms with Gasteiger partial charge in [0.2, 0.25) is 0 Å². The van der Waals surface area contributed by atoms with Gasteiger partial charge in [0.25, 0.3) is 5.91 Å². The molecule has 1 saturated heterocycles. The fraction of sp³-hybridized carbons (Fsp3) is 0.269. The van der Waals surface area contributed by atoms with Crippen molar-refractivity contribution in [2.24, 2.45) is 0 Å². The summed E-state index contributed by atoms with van der Waals surface area (Å²) in [6.45, 7) is 3.06. The molecule has 4 rings (SSSR count). The number of piperidine rings is 1. The fourth-order valence-corrected chi connectivity index (χ4v) is 4.46. The molecule has 1 fully saturated rings. The summed E-state index contributed by atoms with van der Waals surface area (Å²) in [6, 6.07) is 18.7. The van der Waals surface area contributed by atoms with Gasteiger partial charge in [-0.15, -0.1) is 0 Å². The van der Waals surface area contributed by atoms with Gasteiger partial charge < -0.3 is 5.32 Å². The van der Waals surface area contributed by atoms with Crippen molar-refractivity contribution in [3.63, 3.8) is 0 Å². The molecule has 3 aromatic carbocycles. The molecule has 0 atom stereocenters. The lowest BCUT2D eigenvalue weighted by atomic mass is 9.86. The van der Waals surface area contributed by atoms with E-state index in [9.17, 15) is 13.6 Å². The first kappa shape index (κ1) is 22.4. The molecule has 32 heavy (non-hydrogen) atoms. The normalized spacial score (nSPS) is 15.0. The van der Waals surface area contributed by atoms with Gasteiger partial charge in [0.15, 0.2) is 0 Å². The van der Waals surface area contributed by atoms with E-state index >= 15 is 0 Å². The number of hydrogen-bond acceptors (Lipinski definition) is 2. The van der Waals surface area contributed by atoms with Crippen LogP contribution in [0.5, 0.6) is 0 Å². The van der Waals surface area contributed by atoms with Crippen LogP contribution in [-0.2, 0) is 13.1 Å². The molecule has 0 aliphatic carbocycles. The summed E-state index contributed by atoms with van der Waals surface area (Å²) >= 11 is 5.91. The fourth-order valence-electron chi connectivity index (χ4n) is 4.29. The van der Waals surface area contributed by atoms with Gasteiger partial charge in [0.1, 0.15) is 11.6 Å². The summed E-state index contributed by atoms with van der Waals surface area (Å²) < 4.78 is 27.1. The zero-order valence-corrected chi connectivity index (χ0v) is 18.4. The molecule has 0 saturated carbocycles. The quantitative estimate of drug-likeness (QED) is 0.500. The topological polar surface area (TPSA) is 32.3 Å². The molecule has 3 aromatic rings. The van der Waals surface area contributed by atoms with Crippen LogP contribution in [0.25, 0.3) is 0 Å². The predicted molar refractivity (Wildman–Crippen MR) is 123 cm³/mol. The van der Waals surface area contributed by atoms with Gasteiger partial charge in [-0.1, -0.05) is 48.0 Å². The molecule has 0 bridgehead atoms. The van der Waals surface area contributed by atoms with Crippen molar-refractivity contribution in [1.29, 1.82) is 0 Å². The number of likely N-dealkylation sites (tertiary alicyclic amines) is 1. The summed E-state index contributed by atoms with van der Waals surface area (Å²) in [4.78, 5) is 14.9. The van der Waals surface area contributed by atoms with Crippen molar-refractivity contribution in [3.8, 4) is 0 Å². The molecule has 1 N–H and O–H groups in total. The monoisotopic (exact) mass is 454 g/mol. The molecule has 166 valence electrons. The average Bonchev–Trinajstić information content (AvgIpc) is 2.81.